The highest BCUT2D eigenvalue weighted by Gasteiger charge is 2.51. The molecule has 1 aromatic carbocycles. The Balaban J connectivity index is 1.36. The van der Waals surface area contributed by atoms with E-state index in [1.807, 2.05) is 18.2 Å². The first-order valence-corrected chi connectivity index (χ1v) is 8.76. The van der Waals surface area contributed by atoms with E-state index >= 15 is 0 Å². The Morgan fingerprint density at radius 3 is 2.58 bits per heavy atom. The number of ether oxygens (including phenoxy) is 3. The van der Waals surface area contributed by atoms with E-state index in [2.05, 4.69) is 10.2 Å². The minimum Gasteiger partial charge on any atom is -0.486 e. The molecule has 130 valence electrons. The number of benzene rings is 1. The molecule has 0 radical (unpaired) electrons. The first-order valence-electron chi connectivity index (χ1n) is 8.76. The number of morpholine rings is 1. The van der Waals surface area contributed by atoms with Gasteiger partial charge in [-0.3, -0.25) is 9.69 Å². The third kappa shape index (κ3) is 3.08. The number of carbonyl (C=O) groups excluding carboxylic acids is 1. The molecule has 4 rings (SSSR count). The van der Waals surface area contributed by atoms with Crippen molar-refractivity contribution in [2.45, 2.75) is 18.3 Å². The van der Waals surface area contributed by atoms with Gasteiger partial charge < -0.3 is 19.5 Å². The van der Waals surface area contributed by atoms with Gasteiger partial charge in [0.15, 0.2) is 11.5 Å². The Morgan fingerprint density at radius 2 is 1.83 bits per heavy atom. The Bertz CT molecular complexity index is 609. The molecule has 0 aromatic heterocycles. The molecule has 1 saturated heterocycles. The summed E-state index contributed by atoms with van der Waals surface area (Å²) < 4.78 is 16.6. The summed E-state index contributed by atoms with van der Waals surface area (Å²) >= 11 is 0. The van der Waals surface area contributed by atoms with Gasteiger partial charge in [0.2, 0.25) is 5.91 Å². The van der Waals surface area contributed by atoms with E-state index in [-0.39, 0.29) is 11.3 Å². The van der Waals surface area contributed by atoms with Gasteiger partial charge in [-0.05, 0) is 30.5 Å². The lowest BCUT2D eigenvalue weighted by Gasteiger charge is -2.27. The van der Waals surface area contributed by atoms with Crippen LogP contribution in [0.2, 0.25) is 0 Å². The van der Waals surface area contributed by atoms with Gasteiger partial charge in [0.1, 0.15) is 13.2 Å². The molecule has 1 aliphatic carbocycles. The van der Waals surface area contributed by atoms with Crippen molar-refractivity contribution >= 4 is 5.91 Å². The third-order valence-corrected chi connectivity index (χ3v) is 5.10. The second-order valence-corrected chi connectivity index (χ2v) is 6.65. The van der Waals surface area contributed by atoms with Gasteiger partial charge in [-0.1, -0.05) is 6.07 Å². The van der Waals surface area contributed by atoms with Gasteiger partial charge in [0.25, 0.3) is 0 Å². The first kappa shape index (κ1) is 15.7. The molecule has 0 bridgehead atoms. The summed E-state index contributed by atoms with van der Waals surface area (Å²) in [7, 11) is 0. The molecule has 6 heteroatoms. The number of rotatable bonds is 5. The van der Waals surface area contributed by atoms with Gasteiger partial charge >= 0.3 is 0 Å². The van der Waals surface area contributed by atoms with Crippen LogP contribution in [-0.4, -0.2) is 63.4 Å². The molecule has 6 nitrogen and oxygen atoms in total. The minimum atomic E-state index is -0.374. The quantitative estimate of drug-likeness (QED) is 0.869. The standard InChI is InChI=1S/C18H24N2O4/c21-17(19-5-6-20-7-9-22-10-8-20)18(3-4-18)14-1-2-15-16(13-14)24-12-11-23-15/h1-2,13H,3-12H2,(H,19,21). The van der Waals surface area contributed by atoms with Gasteiger partial charge in [0.05, 0.1) is 18.6 Å². The van der Waals surface area contributed by atoms with Gasteiger partial charge in [-0.25, -0.2) is 0 Å². The van der Waals surface area contributed by atoms with E-state index in [1.165, 1.54) is 0 Å². The molecular weight excluding hydrogens is 308 g/mol. The Kier molecular flexibility index (Phi) is 4.33. The maximum absolute atomic E-state index is 12.7. The molecule has 0 unspecified atom stereocenters. The molecule has 2 fully saturated rings. The number of carbonyl (C=O) groups is 1. The Morgan fingerprint density at radius 1 is 1.08 bits per heavy atom. The normalized spacial score (nSPS) is 22.0. The smallest absolute Gasteiger partial charge is 0.230 e. The monoisotopic (exact) mass is 332 g/mol. The Hall–Kier alpha value is -1.79. The highest BCUT2D eigenvalue weighted by molar-refractivity contribution is 5.91. The predicted molar refractivity (Wildman–Crippen MR) is 88.6 cm³/mol. The molecule has 2 aliphatic heterocycles. The van der Waals surface area contributed by atoms with E-state index in [1.54, 1.807) is 0 Å². The lowest BCUT2D eigenvalue weighted by molar-refractivity contribution is -0.123. The van der Waals surface area contributed by atoms with Crippen LogP contribution in [0.25, 0.3) is 0 Å². The summed E-state index contributed by atoms with van der Waals surface area (Å²) in [6.45, 7) is 6.18. The lowest BCUT2D eigenvalue weighted by atomic mass is 9.94. The fourth-order valence-electron chi connectivity index (χ4n) is 3.43. The van der Waals surface area contributed by atoms with Gasteiger partial charge in [0, 0.05) is 26.2 Å². The molecule has 24 heavy (non-hydrogen) atoms. The topological polar surface area (TPSA) is 60.0 Å². The number of fused-ring (bicyclic) bond motifs is 1. The molecule has 1 saturated carbocycles. The fourth-order valence-corrected chi connectivity index (χ4v) is 3.43. The largest absolute Gasteiger partial charge is 0.486 e. The van der Waals surface area contributed by atoms with Crippen molar-refractivity contribution in [2.24, 2.45) is 0 Å². The first-order chi connectivity index (χ1) is 11.8. The van der Waals surface area contributed by atoms with Crippen LogP contribution in [0.5, 0.6) is 11.5 Å². The van der Waals surface area contributed by atoms with Crippen molar-refractivity contribution in [1.82, 2.24) is 10.2 Å². The summed E-state index contributed by atoms with van der Waals surface area (Å²) in [6, 6.07) is 5.90. The number of amides is 1. The van der Waals surface area contributed by atoms with Crippen LogP contribution in [0, 0.1) is 0 Å². The van der Waals surface area contributed by atoms with Crippen LogP contribution in [0.15, 0.2) is 18.2 Å². The lowest BCUT2D eigenvalue weighted by Crippen LogP contribution is -2.43. The molecule has 1 N–H and O–H groups in total. The summed E-state index contributed by atoms with van der Waals surface area (Å²) in [6.07, 6.45) is 1.80. The van der Waals surface area contributed by atoms with E-state index in [0.29, 0.717) is 19.8 Å². The predicted octanol–water partition coefficient (Wildman–Crippen LogP) is 0.938. The molecule has 0 atom stereocenters. The van der Waals surface area contributed by atoms with Crippen LogP contribution in [0.1, 0.15) is 18.4 Å². The average Bonchev–Trinajstić information content (AvgIpc) is 3.44. The average molecular weight is 332 g/mol. The molecule has 3 aliphatic rings. The summed E-state index contributed by atoms with van der Waals surface area (Å²) in [5.74, 6) is 1.66. The van der Waals surface area contributed by atoms with Crippen molar-refractivity contribution in [1.29, 1.82) is 0 Å². The molecule has 2 heterocycles. The van der Waals surface area contributed by atoms with Crippen LogP contribution in [0.4, 0.5) is 0 Å². The number of nitrogens with zero attached hydrogens (tertiary/aromatic N) is 1. The zero-order chi connectivity index (χ0) is 16.4. The molecule has 1 aromatic rings. The van der Waals surface area contributed by atoms with Crippen molar-refractivity contribution in [3.05, 3.63) is 23.8 Å². The minimum absolute atomic E-state index is 0.132. The number of hydrogen-bond acceptors (Lipinski definition) is 5. The second-order valence-electron chi connectivity index (χ2n) is 6.65. The van der Waals surface area contributed by atoms with E-state index < -0.39 is 0 Å². The zero-order valence-corrected chi connectivity index (χ0v) is 13.9. The highest BCUT2D eigenvalue weighted by atomic mass is 16.6. The van der Waals surface area contributed by atoms with E-state index in [9.17, 15) is 4.79 Å². The fraction of sp³-hybridized carbons (Fsp3) is 0.611. The van der Waals surface area contributed by atoms with Crippen molar-refractivity contribution in [3.63, 3.8) is 0 Å². The van der Waals surface area contributed by atoms with Crippen molar-refractivity contribution in [3.8, 4) is 11.5 Å². The molecule has 1 amide bonds. The van der Waals surface area contributed by atoms with E-state index in [4.69, 9.17) is 14.2 Å². The SMILES string of the molecule is O=C(NCCN1CCOCC1)C1(c2ccc3c(c2)OCCO3)CC1. The number of nitrogens with one attached hydrogen (secondary N) is 1. The van der Waals surface area contributed by atoms with Crippen LogP contribution in [-0.2, 0) is 14.9 Å². The van der Waals surface area contributed by atoms with Crippen molar-refractivity contribution in [2.75, 3.05) is 52.6 Å². The molecule has 0 spiro atoms. The maximum Gasteiger partial charge on any atom is 0.230 e. The van der Waals surface area contributed by atoms with E-state index in [0.717, 1.165) is 62.8 Å². The van der Waals surface area contributed by atoms with Crippen LogP contribution in [0.3, 0.4) is 0 Å². The number of hydrogen-bond donors (Lipinski definition) is 1. The summed E-state index contributed by atoms with van der Waals surface area (Å²) in [5.41, 5.74) is 0.663. The highest BCUT2D eigenvalue weighted by Crippen LogP contribution is 2.50. The van der Waals surface area contributed by atoms with Gasteiger partial charge in [-0.2, -0.15) is 0 Å². The third-order valence-electron chi connectivity index (χ3n) is 5.10. The van der Waals surface area contributed by atoms with Gasteiger partial charge in [-0.15, -0.1) is 0 Å². The van der Waals surface area contributed by atoms with Crippen LogP contribution < -0.4 is 14.8 Å². The summed E-state index contributed by atoms with van der Waals surface area (Å²) in [4.78, 5) is 15.0. The second kappa shape index (κ2) is 6.61. The van der Waals surface area contributed by atoms with Crippen LogP contribution >= 0.6 is 0 Å². The summed E-state index contributed by atoms with van der Waals surface area (Å²) in [5, 5.41) is 3.12. The molecular formula is C18H24N2O4. The van der Waals surface area contributed by atoms with Crippen molar-refractivity contribution < 1.29 is 19.0 Å². The zero-order valence-electron chi connectivity index (χ0n) is 13.9. The Labute approximate surface area is 142 Å². The maximum atomic E-state index is 12.7.